The Morgan fingerprint density at radius 1 is 1.08 bits per heavy atom. The Labute approximate surface area is 163 Å². The Morgan fingerprint density at radius 3 is 2.46 bits per heavy atom. The summed E-state index contributed by atoms with van der Waals surface area (Å²) in [6.45, 7) is 0.845. The SMILES string of the molecule is CN(C)CC1CC(Cc2ccccc2)CCC1(O)c1cccc(O)c1.Cl. The van der Waals surface area contributed by atoms with Crippen LogP contribution in [0.25, 0.3) is 0 Å². The largest absolute Gasteiger partial charge is 0.508 e. The number of aliphatic hydroxyl groups is 1. The number of phenols is 1. The maximum absolute atomic E-state index is 11.5. The minimum absolute atomic E-state index is 0. The molecule has 0 saturated heterocycles. The van der Waals surface area contributed by atoms with Gasteiger partial charge in [0, 0.05) is 12.5 Å². The zero-order valence-electron chi connectivity index (χ0n) is 15.6. The van der Waals surface area contributed by atoms with Crippen LogP contribution in [0, 0.1) is 11.8 Å². The third kappa shape index (κ3) is 4.79. The highest BCUT2D eigenvalue weighted by atomic mass is 35.5. The van der Waals surface area contributed by atoms with Gasteiger partial charge in [-0.25, -0.2) is 0 Å². The summed E-state index contributed by atoms with van der Waals surface area (Å²) in [6.07, 6.45) is 3.82. The van der Waals surface area contributed by atoms with Crippen molar-refractivity contribution in [3.8, 4) is 5.75 Å². The van der Waals surface area contributed by atoms with Gasteiger partial charge in [0.05, 0.1) is 5.60 Å². The smallest absolute Gasteiger partial charge is 0.115 e. The molecule has 1 aliphatic carbocycles. The second-order valence-electron chi connectivity index (χ2n) is 7.76. The number of nitrogens with zero attached hydrogens (tertiary/aromatic N) is 1. The summed E-state index contributed by atoms with van der Waals surface area (Å²) in [7, 11) is 4.12. The summed E-state index contributed by atoms with van der Waals surface area (Å²) in [4.78, 5) is 2.16. The van der Waals surface area contributed by atoms with Crippen molar-refractivity contribution in [1.82, 2.24) is 4.90 Å². The highest BCUT2D eigenvalue weighted by Gasteiger charge is 2.43. The fraction of sp³-hybridized carbons (Fsp3) is 0.455. The summed E-state index contributed by atoms with van der Waals surface area (Å²) in [5, 5.41) is 21.4. The first-order chi connectivity index (χ1) is 12.0. The zero-order valence-corrected chi connectivity index (χ0v) is 16.5. The molecule has 1 saturated carbocycles. The normalized spacial score (nSPS) is 25.7. The van der Waals surface area contributed by atoms with Crippen molar-refractivity contribution in [3.63, 3.8) is 0 Å². The molecule has 2 N–H and O–H groups in total. The van der Waals surface area contributed by atoms with E-state index in [2.05, 4.69) is 49.3 Å². The Morgan fingerprint density at radius 2 is 1.81 bits per heavy atom. The van der Waals surface area contributed by atoms with Gasteiger partial charge in [0.15, 0.2) is 0 Å². The molecule has 4 heteroatoms. The number of halogens is 1. The van der Waals surface area contributed by atoms with Gasteiger partial charge in [0.2, 0.25) is 0 Å². The molecule has 0 aromatic heterocycles. The first-order valence-electron chi connectivity index (χ1n) is 9.18. The maximum Gasteiger partial charge on any atom is 0.115 e. The summed E-state index contributed by atoms with van der Waals surface area (Å²) < 4.78 is 0. The predicted octanol–water partition coefficient (Wildman–Crippen LogP) is 4.22. The minimum Gasteiger partial charge on any atom is -0.508 e. The molecule has 3 rings (SSSR count). The molecular formula is C22H30ClNO2. The van der Waals surface area contributed by atoms with E-state index in [0.29, 0.717) is 5.92 Å². The van der Waals surface area contributed by atoms with Gasteiger partial charge in [0.25, 0.3) is 0 Å². The molecule has 0 aliphatic heterocycles. The lowest BCUT2D eigenvalue weighted by Crippen LogP contribution is -2.45. The Kier molecular flexibility index (Phi) is 7.10. The molecule has 142 valence electrons. The van der Waals surface area contributed by atoms with Crippen LogP contribution >= 0.6 is 12.4 Å². The van der Waals surface area contributed by atoms with Crippen LogP contribution in [-0.4, -0.2) is 35.8 Å². The number of phenolic OH excluding ortho intramolecular Hbond substituents is 1. The van der Waals surface area contributed by atoms with Gasteiger partial charge in [-0.15, -0.1) is 12.4 Å². The van der Waals surface area contributed by atoms with Gasteiger partial charge < -0.3 is 15.1 Å². The minimum atomic E-state index is -0.865. The molecule has 0 bridgehead atoms. The van der Waals surface area contributed by atoms with Crippen LogP contribution < -0.4 is 0 Å². The van der Waals surface area contributed by atoms with E-state index < -0.39 is 5.60 Å². The van der Waals surface area contributed by atoms with Crippen LogP contribution in [0.1, 0.15) is 30.4 Å². The van der Waals surface area contributed by atoms with E-state index in [-0.39, 0.29) is 24.1 Å². The lowest BCUT2D eigenvalue weighted by Gasteiger charge is -2.44. The average Bonchev–Trinajstić information content (AvgIpc) is 2.58. The molecule has 3 atom stereocenters. The van der Waals surface area contributed by atoms with E-state index in [1.54, 1.807) is 12.1 Å². The summed E-state index contributed by atoms with van der Waals surface area (Å²) in [5.41, 5.74) is 1.35. The highest BCUT2D eigenvalue weighted by Crippen LogP contribution is 2.45. The van der Waals surface area contributed by atoms with Gasteiger partial charge >= 0.3 is 0 Å². The topological polar surface area (TPSA) is 43.7 Å². The molecule has 26 heavy (non-hydrogen) atoms. The molecule has 3 unspecified atom stereocenters. The number of hydrogen-bond acceptors (Lipinski definition) is 3. The molecule has 0 radical (unpaired) electrons. The lowest BCUT2D eigenvalue weighted by atomic mass is 9.66. The van der Waals surface area contributed by atoms with Crippen molar-refractivity contribution in [2.75, 3.05) is 20.6 Å². The maximum atomic E-state index is 11.5. The number of benzene rings is 2. The molecule has 0 spiro atoms. The van der Waals surface area contributed by atoms with Crippen molar-refractivity contribution < 1.29 is 10.2 Å². The molecule has 0 heterocycles. The van der Waals surface area contributed by atoms with Crippen LogP contribution in [0.3, 0.4) is 0 Å². The van der Waals surface area contributed by atoms with Crippen molar-refractivity contribution in [3.05, 3.63) is 65.7 Å². The third-order valence-electron chi connectivity index (χ3n) is 5.53. The predicted molar refractivity (Wildman–Crippen MR) is 109 cm³/mol. The van der Waals surface area contributed by atoms with Crippen LogP contribution in [0.4, 0.5) is 0 Å². The van der Waals surface area contributed by atoms with Gasteiger partial charge in [-0.1, -0.05) is 42.5 Å². The fourth-order valence-electron chi connectivity index (χ4n) is 4.30. The van der Waals surface area contributed by atoms with Gasteiger partial charge in [-0.05, 0) is 69.0 Å². The molecule has 3 nitrogen and oxygen atoms in total. The van der Waals surface area contributed by atoms with Gasteiger partial charge in [-0.2, -0.15) is 0 Å². The monoisotopic (exact) mass is 375 g/mol. The first-order valence-corrected chi connectivity index (χ1v) is 9.18. The second-order valence-corrected chi connectivity index (χ2v) is 7.76. The number of aromatic hydroxyl groups is 1. The van der Waals surface area contributed by atoms with Gasteiger partial charge in [0.1, 0.15) is 5.75 Å². The Balaban J connectivity index is 0.00000243. The molecule has 0 amide bonds. The standard InChI is InChI=1S/C22H29NO2.ClH/c1-23(2)16-20-14-18(13-17-7-4-3-5-8-17)11-12-22(20,25)19-9-6-10-21(24)15-19;/h3-10,15,18,20,24-25H,11-14,16H2,1-2H3;1H. The summed E-state index contributed by atoms with van der Waals surface area (Å²) in [5.74, 6) is 0.970. The summed E-state index contributed by atoms with van der Waals surface area (Å²) in [6, 6.07) is 17.8. The lowest BCUT2D eigenvalue weighted by molar-refractivity contribution is -0.0753. The number of rotatable bonds is 5. The second kappa shape index (κ2) is 8.90. The van der Waals surface area contributed by atoms with Crippen molar-refractivity contribution in [2.24, 2.45) is 11.8 Å². The molecule has 1 aliphatic rings. The van der Waals surface area contributed by atoms with Gasteiger partial charge in [-0.3, -0.25) is 0 Å². The number of hydrogen-bond donors (Lipinski definition) is 2. The molecule has 2 aromatic rings. The van der Waals surface area contributed by atoms with Crippen LogP contribution in [-0.2, 0) is 12.0 Å². The Bertz CT molecular complexity index is 692. The van der Waals surface area contributed by atoms with Crippen LogP contribution in [0.5, 0.6) is 5.75 Å². The van der Waals surface area contributed by atoms with E-state index in [1.807, 2.05) is 12.1 Å². The van der Waals surface area contributed by atoms with E-state index in [9.17, 15) is 10.2 Å². The van der Waals surface area contributed by atoms with E-state index in [0.717, 1.165) is 37.8 Å². The van der Waals surface area contributed by atoms with Crippen molar-refractivity contribution in [2.45, 2.75) is 31.3 Å². The zero-order chi connectivity index (χ0) is 17.9. The summed E-state index contributed by atoms with van der Waals surface area (Å²) >= 11 is 0. The molecule has 1 fully saturated rings. The highest BCUT2D eigenvalue weighted by molar-refractivity contribution is 5.85. The van der Waals surface area contributed by atoms with E-state index >= 15 is 0 Å². The Hall–Kier alpha value is -1.55. The van der Waals surface area contributed by atoms with Crippen LogP contribution in [0.15, 0.2) is 54.6 Å². The van der Waals surface area contributed by atoms with E-state index in [1.165, 1.54) is 5.56 Å². The van der Waals surface area contributed by atoms with Crippen molar-refractivity contribution in [1.29, 1.82) is 0 Å². The quantitative estimate of drug-likeness (QED) is 0.822. The molecule has 2 aromatic carbocycles. The van der Waals surface area contributed by atoms with Crippen LogP contribution in [0.2, 0.25) is 0 Å². The molecular weight excluding hydrogens is 346 g/mol. The average molecular weight is 376 g/mol. The first kappa shape index (κ1) is 20.8. The van der Waals surface area contributed by atoms with E-state index in [4.69, 9.17) is 0 Å². The third-order valence-corrected chi connectivity index (χ3v) is 5.53. The van der Waals surface area contributed by atoms with Crippen molar-refractivity contribution >= 4 is 12.4 Å². The fourth-order valence-corrected chi connectivity index (χ4v) is 4.30.